The van der Waals surface area contributed by atoms with Crippen molar-refractivity contribution in [1.29, 1.82) is 0 Å². The molecule has 8 atom stereocenters. The maximum Gasteiger partial charge on any atom is 0.358 e. The van der Waals surface area contributed by atoms with E-state index in [1.165, 1.54) is 11.3 Å². The predicted octanol–water partition coefficient (Wildman–Crippen LogP) is 15.0. The van der Waals surface area contributed by atoms with Crippen molar-refractivity contribution >= 4 is 31.5 Å². The van der Waals surface area contributed by atoms with E-state index in [-0.39, 0.29) is 62.8 Å². The van der Waals surface area contributed by atoms with E-state index in [1.807, 2.05) is 44.2 Å². The molecule has 0 bridgehead atoms. The molecule has 1 heterocycles. The molecule has 1 amide bonds. The lowest BCUT2D eigenvalue weighted by molar-refractivity contribution is -0.160. The summed E-state index contributed by atoms with van der Waals surface area (Å²) in [7, 11) is -2.80. The lowest BCUT2D eigenvalue weighted by atomic mass is 9.40. The van der Waals surface area contributed by atoms with E-state index < -0.39 is 26.4 Å². The minimum Gasteiger partial charge on any atom is -0.456 e. The van der Waals surface area contributed by atoms with Crippen LogP contribution in [-0.4, -0.2) is 37.3 Å². The van der Waals surface area contributed by atoms with E-state index in [0.717, 1.165) is 56.2 Å². The van der Waals surface area contributed by atoms with Gasteiger partial charge in [-0.15, -0.1) is 11.3 Å². The highest BCUT2D eigenvalue weighted by Gasteiger charge is 2.68. The van der Waals surface area contributed by atoms with E-state index >= 15 is 0 Å². The summed E-state index contributed by atoms with van der Waals surface area (Å²) >= 11 is 1.43. The van der Waals surface area contributed by atoms with Crippen LogP contribution in [0.4, 0.5) is 0 Å². The minimum absolute atomic E-state index is 0.0335. The number of carbonyl (C=O) groups is 2. The van der Waals surface area contributed by atoms with Crippen molar-refractivity contribution < 1.29 is 18.8 Å². The highest BCUT2D eigenvalue weighted by molar-refractivity contribution is 7.10. The fraction of sp³-hybridized carbons (Fsp3) is 0.776. The molecular formula is C49H85N5O4SSi. The summed E-state index contributed by atoms with van der Waals surface area (Å²) in [6, 6.07) is 10.3. The molecule has 0 aliphatic heterocycles. The van der Waals surface area contributed by atoms with Gasteiger partial charge in [-0.25, -0.2) is 9.78 Å². The molecule has 0 saturated heterocycles. The quantitative estimate of drug-likeness (QED) is 0.0314. The number of amides is 1. The van der Waals surface area contributed by atoms with Gasteiger partial charge in [0.15, 0.2) is 14.0 Å². The second-order valence-corrected chi connectivity index (χ2v) is 24.7. The van der Waals surface area contributed by atoms with Gasteiger partial charge in [0.2, 0.25) is 5.91 Å². The fourth-order valence-electron chi connectivity index (χ4n) is 11.3. The largest absolute Gasteiger partial charge is 0.456 e. The molecule has 0 radical (unpaired) electrons. The molecule has 0 spiro atoms. The molecule has 0 fully saturated rings. The van der Waals surface area contributed by atoms with Crippen molar-refractivity contribution in [3.05, 3.63) is 62.4 Å². The number of ether oxygens (including phenoxy) is 1. The van der Waals surface area contributed by atoms with Crippen molar-refractivity contribution in [2.24, 2.45) is 38.6 Å². The lowest BCUT2D eigenvalue weighted by Crippen LogP contribution is -2.65. The highest BCUT2D eigenvalue weighted by atomic mass is 32.1. The Labute approximate surface area is 371 Å². The van der Waals surface area contributed by atoms with Crippen LogP contribution < -0.4 is 5.32 Å². The number of hydrogen-bond donors (Lipinski definition) is 1. The molecule has 2 rings (SSSR count). The van der Waals surface area contributed by atoms with Gasteiger partial charge in [-0.2, -0.15) is 0 Å². The van der Waals surface area contributed by atoms with Gasteiger partial charge < -0.3 is 14.5 Å². The number of esters is 1. The Morgan fingerprint density at radius 3 is 1.85 bits per heavy atom. The molecule has 60 heavy (non-hydrogen) atoms. The average molecular weight is 868 g/mol. The second-order valence-electron chi connectivity index (χ2n) is 19.1. The standard InChI is InChI=1S/C49H85N5O4SSi/c1-18-36(12)41(53-54-50)42(55)51-38(35(10)11)32-40(43-52-39(34-59-43)44(56)57-33-37-30-28-27-29-31-37)58-60(25-8,26-9)49(17,24-7)48(16,23-6)47(15,22-5)46(14,21-4)45(13,19-2)20-3/h27-31,34-36,38,40-41H,18-26,32-33H2,1-17H3,(H,51,55)/t36-,38+,40+,41-,46?,47?,48?,49?/m0/s1. The smallest absolute Gasteiger partial charge is 0.358 e. The SMILES string of the molecule is CC[C@H](C)[C@H](N=[N+]=[N-])C(=O)N[C@H](C[C@@H](O[Si](CC)(CC)C(C)(CC)C(C)(CC)C(C)(CC)C(C)(CC)C(C)(CC)CC)c1nc(C(=O)OCc2ccccc2)cs1)C(C)C. The van der Waals surface area contributed by atoms with Crippen LogP contribution in [0, 0.1) is 33.5 Å². The molecule has 1 aromatic heterocycles. The van der Waals surface area contributed by atoms with Crippen LogP contribution in [0.25, 0.3) is 10.4 Å². The second kappa shape index (κ2) is 22.6. The Bertz CT molecular complexity index is 1690. The Hall–Kier alpha value is -2.72. The normalized spacial score (nSPS) is 18.4. The number of thiazole rings is 1. The third kappa shape index (κ3) is 10.2. The number of aromatic nitrogens is 1. The van der Waals surface area contributed by atoms with Gasteiger partial charge in [-0.3, -0.25) is 4.79 Å². The van der Waals surface area contributed by atoms with Crippen molar-refractivity contribution in [3.8, 4) is 0 Å². The summed E-state index contributed by atoms with van der Waals surface area (Å²) < 4.78 is 13.8. The van der Waals surface area contributed by atoms with Crippen LogP contribution in [0.5, 0.6) is 0 Å². The molecule has 0 aliphatic rings. The van der Waals surface area contributed by atoms with E-state index in [4.69, 9.17) is 14.1 Å². The number of azide groups is 1. The first-order valence-electron chi connectivity index (χ1n) is 23.4. The van der Waals surface area contributed by atoms with Gasteiger partial charge in [0, 0.05) is 16.3 Å². The molecule has 9 nitrogen and oxygen atoms in total. The van der Waals surface area contributed by atoms with Crippen molar-refractivity contribution in [3.63, 3.8) is 0 Å². The maximum absolute atomic E-state index is 13.9. The van der Waals surface area contributed by atoms with Crippen molar-refractivity contribution in [2.45, 2.75) is 211 Å². The third-order valence-corrected chi connectivity index (χ3v) is 24.2. The van der Waals surface area contributed by atoms with Gasteiger partial charge in [-0.1, -0.05) is 179 Å². The molecule has 4 unspecified atom stereocenters. The number of hydrogen-bond acceptors (Lipinski definition) is 7. The Balaban J connectivity index is 2.90. The van der Waals surface area contributed by atoms with E-state index in [2.05, 4.69) is 119 Å². The van der Waals surface area contributed by atoms with E-state index in [0.29, 0.717) is 17.8 Å². The summed E-state index contributed by atoms with van der Waals surface area (Å²) in [5, 5.41) is 9.57. The average Bonchev–Trinajstić information content (AvgIpc) is 3.77. The van der Waals surface area contributed by atoms with Crippen molar-refractivity contribution in [1.82, 2.24) is 10.3 Å². The number of nitrogens with one attached hydrogen (secondary N) is 1. The van der Waals surface area contributed by atoms with Crippen LogP contribution in [0.15, 0.2) is 40.8 Å². The lowest BCUT2D eigenvalue weighted by Gasteiger charge is -2.70. The zero-order chi connectivity index (χ0) is 45.7. The van der Waals surface area contributed by atoms with Crippen LogP contribution in [0.1, 0.15) is 196 Å². The van der Waals surface area contributed by atoms with Gasteiger partial charge in [-0.05, 0) is 87.4 Å². The predicted molar refractivity (Wildman–Crippen MR) is 255 cm³/mol. The maximum atomic E-state index is 13.9. The first-order chi connectivity index (χ1) is 28.2. The molecule has 1 aromatic carbocycles. The Morgan fingerprint density at radius 1 is 0.833 bits per heavy atom. The summed E-state index contributed by atoms with van der Waals surface area (Å²) in [6.07, 6.45) is 7.02. The van der Waals surface area contributed by atoms with Gasteiger partial charge >= 0.3 is 5.97 Å². The van der Waals surface area contributed by atoms with E-state index in [1.54, 1.807) is 5.38 Å². The fourth-order valence-corrected chi connectivity index (χ4v) is 17.8. The van der Waals surface area contributed by atoms with E-state index in [9.17, 15) is 15.1 Å². The number of rotatable bonds is 27. The minimum atomic E-state index is -2.80. The first-order valence-corrected chi connectivity index (χ1v) is 26.6. The summed E-state index contributed by atoms with van der Waals surface area (Å²) in [6.45, 7) is 40.2. The molecular weight excluding hydrogens is 783 g/mol. The monoisotopic (exact) mass is 868 g/mol. The Kier molecular flexibility index (Phi) is 20.1. The van der Waals surface area contributed by atoms with Gasteiger partial charge in [0.25, 0.3) is 0 Å². The number of benzene rings is 1. The molecule has 1 N–H and O–H groups in total. The summed E-state index contributed by atoms with van der Waals surface area (Å²) in [5.41, 5.74) is 10.6. The first kappa shape index (κ1) is 53.4. The zero-order valence-electron chi connectivity index (χ0n) is 41.0. The topological polar surface area (TPSA) is 126 Å². The molecule has 340 valence electrons. The van der Waals surface area contributed by atoms with Crippen molar-refractivity contribution in [2.75, 3.05) is 0 Å². The molecule has 11 heteroatoms. The van der Waals surface area contributed by atoms with Gasteiger partial charge in [0.1, 0.15) is 17.7 Å². The molecule has 0 aliphatic carbocycles. The van der Waals surface area contributed by atoms with Crippen LogP contribution in [-0.2, 0) is 20.6 Å². The highest BCUT2D eigenvalue weighted by Crippen LogP contribution is 2.75. The van der Waals surface area contributed by atoms with Gasteiger partial charge in [0.05, 0.1) is 6.10 Å². The number of nitrogens with zero attached hydrogens (tertiary/aromatic N) is 4. The molecule has 2 aromatic rings. The molecule has 0 saturated carbocycles. The van der Waals surface area contributed by atoms with Crippen LogP contribution in [0.3, 0.4) is 0 Å². The summed E-state index contributed by atoms with van der Waals surface area (Å²) in [4.78, 5) is 35.5. The third-order valence-electron chi connectivity index (χ3n) is 17.3. The number of carbonyl (C=O) groups excluding carboxylic acids is 2. The van der Waals surface area contributed by atoms with Crippen LogP contribution in [0.2, 0.25) is 17.1 Å². The Morgan fingerprint density at radius 2 is 1.40 bits per heavy atom. The zero-order valence-corrected chi connectivity index (χ0v) is 42.8. The van der Waals surface area contributed by atoms with Crippen LogP contribution >= 0.6 is 11.3 Å². The summed E-state index contributed by atoms with van der Waals surface area (Å²) in [5.74, 6) is -0.835.